The van der Waals surface area contributed by atoms with E-state index in [9.17, 15) is 22.4 Å². The molecule has 0 radical (unpaired) electrons. The van der Waals surface area contributed by atoms with Crippen LogP contribution >= 0.6 is 0 Å². The molecule has 1 N–H and O–H groups in total. The Morgan fingerprint density at radius 2 is 1.47 bits per heavy atom. The molecule has 5 aliphatic rings. The summed E-state index contributed by atoms with van der Waals surface area (Å²) in [4.78, 5) is 26.8. The van der Waals surface area contributed by atoms with Crippen molar-refractivity contribution in [2.75, 3.05) is 4.72 Å². The Morgan fingerprint density at radius 1 is 0.917 bits per heavy atom. The molecule has 7 nitrogen and oxygen atoms in total. The average Bonchev–Trinajstić information content (AvgIpc) is 2.82. The van der Waals surface area contributed by atoms with Gasteiger partial charge in [-0.05, 0) is 118 Å². The highest BCUT2D eigenvalue weighted by Crippen LogP contribution is 2.57. The van der Waals surface area contributed by atoms with Crippen LogP contribution in [-0.4, -0.2) is 41.8 Å². The molecule has 4 bridgehead atoms. The summed E-state index contributed by atoms with van der Waals surface area (Å²) in [5.74, 6) is 1.66. The second-order valence-corrected chi connectivity index (χ2v) is 13.1. The molecule has 1 aliphatic heterocycles. The van der Waals surface area contributed by atoms with Gasteiger partial charge in [-0.3, -0.25) is 14.3 Å². The molecule has 0 atom stereocenters. The number of rotatable bonds is 5. The van der Waals surface area contributed by atoms with Crippen LogP contribution in [0.3, 0.4) is 0 Å². The fourth-order valence-corrected chi connectivity index (χ4v) is 8.29. The number of hydrogen-bond donors (Lipinski definition) is 1. The Labute approximate surface area is 210 Å². The van der Waals surface area contributed by atoms with Gasteiger partial charge in [0.1, 0.15) is 11.4 Å². The summed E-state index contributed by atoms with van der Waals surface area (Å²) in [6.07, 6.45) is 5.90. The van der Waals surface area contributed by atoms with Crippen LogP contribution in [0.4, 0.5) is 10.1 Å². The van der Waals surface area contributed by atoms with Crippen molar-refractivity contribution in [1.82, 2.24) is 10.0 Å². The van der Waals surface area contributed by atoms with Gasteiger partial charge in [0.15, 0.2) is 0 Å². The van der Waals surface area contributed by atoms with E-state index in [1.54, 1.807) is 36.0 Å². The predicted molar refractivity (Wildman–Crippen MR) is 132 cm³/mol. The summed E-state index contributed by atoms with van der Waals surface area (Å²) in [7, 11) is -3.90. The Hall–Kier alpha value is -2.94. The van der Waals surface area contributed by atoms with E-state index in [1.165, 1.54) is 30.7 Å². The number of nitrogens with zero attached hydrogens (tertiary/aromatic N) is 2. The summed E-state index contributed by atoms with van der Waals surface area (Å²) in [6.45, 7) is 3.57. The third-order valence-corrected chi connectivity index (χ3v) is 10.0. The first-order chi connectivity index (χ1) is 17.0. The molecular formula is C27H30FN3O4S. The zero-order valence-corrected chi connectivity index (χ0v) is 21.2. The Bertz CT molecular complexity index is 1300. The third kappa shape index (κ3) is 3.62. The van der Waals surface area contributed by atoms with Gasteiger partial charge < -0.3 is 0 Å². The summed E-state index contributed by atoms with van der Waals surface area (Å²) in [6, 6.07) is 10.8. The fourth-order valence-electron chi connectivity index (χ4n) is 7.23. The van der Waals surface area contributed by atoms with E-state index in [1.807, 2.05) is 0 Å². The van der Waals surface area contributed by atoms with Crippen LogP contribution in [0.5, 0.6) is 0 Å². The molecule has 190 valence electrons. The lowest BCUT2D eigenvalue weighted by Crippen LogP contribution is -2.80. The van der Waals surface area contributed by atoms with Gasteiger partial charge in [-0.25, -0.2) is 22.8 Å². The van der Waals surface area contributed by atoms with Crippen molar-refractivity contribution in [3.05, 3.63) is 59.9 Å². The van der Waals surface area contributed by atoms with Crippen LogP contribution in [0.15, 0.2) is 53.4 Å². The van der Waals surface area contributed by atoms with Gasteiger partial charge in [0.05, 0.1) is 10.9 Å². The first kappa shape index (κ1) is 23.5. The number of anilines is 1. The molecule has 5 fully saturated rings. The SMILES string of the molecule is CC1(C)C(=O)N(C2C3CC4CC(C3)CC2C4)N1C(=O)c1ccc(NS(=O)(=O)c2ccc(F)cc2)cc1. The maximum Gasteiger partial charge on any atom is 0.273 e. The second kappa shape index (κ2) is 8.03. The molecule has 9 heteroatoms. The van der Waals surface area contributed by atoms with Crippen molar-refractivity contribution in [1.29, 1.82) is 0 Å². The van der Waals surface area contributed by atoms with Crippen molar-refractivity contribution < 1.29 is 22.4 Å². The zero-order chi connectivity index (χ0) is 25.4. The summed E-state index contributed by atoms with van der Waals surface area (Å²) >= 11 is 0. The van der Waals surface area contributed by atoms with Crippen LogP contribution in [0.25, 0.3) is 0 Å². The summed E-state index contributed by atoms with van der Waals surface area (Å²) in [5.41, 5.74) is -0.254. The molecule has 1 saturated heterocycles. The molecule has 4 aliphatic carbocycles. The summed E-state index contributed by atoms with van der Waals surface area (Å²) < 4.78 is 40.8. The molecule has 2 aromatic carbocycles. The lowest BCUT2D eigenvalue weighted by molar-refractivity contribution is -0.230. The minimum absolute atomic E-state index is 0.00278. The maximum atomic E-state index is 13.6. The molecule has 7 rings (SSSR count). The number of benzene rings is 2. The normalized spacial score (nSPS) is 30.3. The zero-order valence-electron chi connectivity index (χ0n) is 20.4. The minimum atomic E-state index is -3.90. The highest BCUT2D eigenvalue weighted by Gasteiger charge is 2.62. The van der Waals surface area contributed by atoms with E-state index in [2.05, 4.69) is 4.72 Å². The number of hydrazine groups is 1. The number of carbonyl (C=O) groups excluding carboxylic acids is 2. The highest BCUT2D eigenvalue weighted by molar-refractivity contribution is 7.92. The summed E-state index contributed by atoms with van der Waals surface area (Å²) in [5, 5.41) is 3.38. The number of sulfonamides is 1. The number of amides is 2. The van der Waals surface area contributed by atoms with Crippen molar-refractivity contribution >= 4 is 27.5 Å². The third-order valence-electron chi connectivity index (χ3n) is 8.64. The van der Waals surface area contributed by atoms with Gasteiger partial charge in [0, 0.05) is 11.3 Å². The van der Waals surface area contributed by atoms with Gasteiger partial charge in [-0.2, -0.15) is 0 Å². The highest BCUT2D eigenvalue weighted by atomic mass is 32.2. The maximum absolute atomic E-state index is 13.6. The van der Waals surface area contributed by atoms with E-state index >= 15 is 0 Å². The number of carbonyl (C=O) groups is 2. The molecule has 0 spiro atoms. The van der Waals surface area contributed by atoms with E-state index in [0.717, 1.165) is 49.7 Å². The Kier molecular flexibility index (Phi) is 5.23. The van der Waals surface area contributed by atoms with Crippen LogP contribution in [0.2, 0.25) is 0 Å². The topological polar surface area (TPSA) is 86.8 Å². The molecule has 1 heterocycles. The van der Waals surface area contributed by atoms with Crippen LogP contribution in [0.1, 0.15) is 56.3 Å². The standard InChI is InChI=1S/C27H30FN3O4S/c1-27(2)26(33)30(24-19-12-16-11-17(14-19)15-20(24)13-16)31(27)25(32)18-3-7-22(8-4-18)29-36(34,35)23-9-5-21(28)6-10-23/h3-10,16-17,19-20,24,29H,11-15H2,1-2H3. The van der Waals surface area contributed by atoms with Gasteiger partial charge in [-0.15, -0.1) is 0 Å². The van der Waals surface area contributed by atoms with Gasteiger partial charge >= 0.3 is 0 Å². The Morgan fingerprint density at radius 3 is 2.03 bits per heavy atom. The second-order valence-electron chi connectivity index (χ2n) is 11.4. The number of halogens is 1. The minimum Gasteiger partial charge on any atom is -0.280 e. The molecule has 0 aromatic heterocycles. The lowest BCUT2D eigenvalue weighted by Gasteiger charge is -2.65. The van der Waals surface area contributed by atoms with Crippen molar-refractivity contribution in [2.24, 2.45) is 23.7 Å². The average molecular weight is 512 g/mol. The molecular weight excluding hydrogens is 481 g/mol. The van der Waals surface area contributed by atoms with Gasteiger partial charge in [-0.1, -0.05) is 0 Å². The van der Waals surface area contributed by atoms with E-state index < -0.39 is 21.4 Å². The number of hydrogen-bond acceptors (Lipinski definition) is 4. The lowest BCUT2D eigenvalue weighted by atomic mass is 9.53. The Balaban J connectivity index is 1.21. The molecule has 2 aromatic rings. The van der Waals surface area contributed by atoms with Crippen molar-refractivity contribution in [3.63, 3.8) is 0 Å². The largest absolute Gasteiger partial charge is 0.280 e. The number of nitrogens with one attached hydrogen (secondary N) is 1. The molecule has 0 unspecified atom stereocenters. The monoisotopic (exact) mass is 511 g/mol. The van der Waals surface area contributed by atoms with Crippen LogP contribution in [0, 0.1) is 29.5 Å². The fraction of sp³-hybridized carbons (Fsp3) is 0.481. The first-order valence-electron chi connectivity index (χ1n) is 12.6. The van der Waals surface area contributed by atoms with E-state index in [0.29, 0.717) is 17.4 Å². The molecule has 4 saturated carbocycles. The quantitative estimate of drug-likeness (QED) is 0.644. The first-order valence-corrected chi connectivity index (χ1v) is 14.1. The van der Waals surface area contributed by atoms with Crippen molar-refractivity contribution in [3.8, 4) is 0 Å². The molecule has 2 amide bonds. The predicted octanol–water partition coefficient (Wildman–Crippen LogP) is 4.43. The van der Waals surface area contributed by atoms with E-state index in [-0.39, 0.29) is 28.4 Å². The molecule has 36 heavy (non-hydrogen) atoms. The van der Waals surface area contributed by atoms with Gasteiger partial charge in [0.2, 0.25) is 0 Å². The smallest absolute Gasteiger partial charge is 0.273 e. The van der Waals surface area contributed by atoms with Crippen LogP contribution in [-0.2, 0) is 14.8 Å². The van der Waals surface area contributed by atoms with Crippen molar-refractivity contribution in [2.45, 2.75) is 62.4 Å². The van der Waals surface area contributed by atoms with Gasteiger partial charge in [0.25, 0.3) is 21.8 Å². The van der Waals surface area contributed by atoms with Crippen LogP contribution < -0.4 is 4.72 Å². The van der Waals surface area contributed by atoms with E-state index in [4.69, 9.17) is 0 Å².